The molecule has 3 aromatic rings. The maximum absolute atomic E-state index is 12.9. The second-order valence-electron chi connectivity index (χ2n) is 8.24. The van der Waals surface area contributed by atoms with Gasteiger partial charge in [-0.3, -0.25) is 0 Å². The molecule has 0 amide bonds. The fourth-order valence-corrected chi connectivity index (χ4v) is 4.05. The zero-order chi connectivity index (χ0) is 22.9. The summed E-state index contributed by atoms with van der Waals surface area (Å²) in [6, 6.07) is 5.43. The van der Waals surface area contributed by atoms with Crippen LogP contribution in [-0.2, 0) is 6.61 Å². The highest BCUT2D eigenvalue weighted by atomic mass is 19.4. The van der Waals surface area contributed by atoms with Gasteiger partial charge in [0.15, 0.2) is 5.82 Å². The fourth-order valence-electron chi connectivity index (χ4n) is 4.05. The van der Waals surface area contributed by atoms with Crippen LogP contribution in [0.1, 0.15) is 42.6 Å². The lowest BCUT2D eigenvalue weighted by Crippen LogP contribution is -2.33. The summed E-state index contributed by atoms with van der Waals surface area (Å²) in [5, 5.41) is 21.5. The molecule has 0 atom stereocenters. The Hall–Kier alpha value is -3.01. The first-order valence-electron chi connectivity index (χ1n) is 10.5. The van der Waals surface area contributed by atoms with Crippen molar-refractivity contribution in [2.75, 3.05) is 5.32 Å². The van der Waals surface area contributed by atoms with Crippen LogP contribution in [-0.4, -0.2) is 42.1 Å². The van der Waals surface area contributed by atoms with Crippen LogP contribution in [0.3, 0.4) is 0 Å². The Kier molecular flexibility index (Phi) is 6.14. The number of aryl methyl sites for hydroxylation is 2. The van der Waals surface area contributed by atoms with Crippen LogP contribution in [0.25, 0.3) is 17.1 Å². The number of aliphatic hydroxyl groups is 1. The molecule has 0 unspecified atom stereocenters. The van der Waals surface area contributed by atoms with Crippen molar-refractivity contribution in [1.29, 1.82) is 0 Å². The first-order chi connectivity index (χ1) is 15.2. The van der Waals surface area contributed by atoms with Crippen LogP contribution in [0.4, 0.5) is 19.0 Å². The van der Waals surface area contributed by atoms with Gasteiger partial charge in [0.1, 0.15) is 5.69 Å². The van der Waals surface area contributed by atoms with Gasteiger partial charge < -0.3 is 15.0 Å². The van der Waals surface area contributed by atoms with Crippen molar-refractivity contribution in [3.63, 3.8) is 0 Å². The van der Waals surface area contributed by atoms with Gasteiger partial charge in [0.05, 0.1) is 41.6 Å². The average molecular weight is 446 g/mol. The van der Waals surface area contributed by atoms with Gasteiger partial charge in [-0.15, -0.1) is 10.2 Å². The molecule has 1 aliphatic rings. The molecule has 2 N–H and O–H groups in total. The molecule has 0 aromatic carbocycles. The van der Waals surface area contributed by atoms with E-state index in [1.807, 2.05) is 32.2 Å². The van der Waals surface area contributed by atoms with Crippen LogP contribution in [0.15, 0.2) is 30.7 Å². The molecule has 3 heterocycles. The third-order valence-corrected chi connectivity index (χ3v) is 5.87. The molecule has 0 radical (unpaired) electrons. The van der Waals surface area contributed by atoms with E-state index in [9.17, 15) is 18.3 Å². The number of rotatable bonds is 5. The van der Waals surface area contributed by atoms with E-state index in [1.165, 1.54) is 0 Å². The van der Waals surface area contributed by atoms with E-state index >= 15 is 0 Å². The van der Waals surface area contributed by atoms with Gasteiger partial charge in [-0.05, 0) is 63.3 Å². The topological polar surface area (TPSA) is 88.8 Å². The highest BCUT2D eigenvalue weighted by molar-refractivity contribution is 5.60. The molecule has 1 saturated carbocycles. The lowest BCUT2D eigenvalue weighted by Gasteiger charge is -2.30. The molecule has 170 valence electrons. The first-order valence-corrected chi connectivity index (χ1v) is 10.5. The summed E-state index contributed by atoms with van der Waals surface area (Å²) in [5.74, 6) is -0.645. The largest absolute Gasteiger partial charge is 0.391 e. The minimum Gasteiger partial charge on any atom is -0.390 e. The van der Waals surface area contributed by atoms with Gasteiger partial charge in [0.2, 0.25) is 0 Å². The quantitative estimate of drug-likeness (QED) is 0.605. The van der Waals surface area contributed by atoms with Crippen molar-refractivity contribution in [3.8, 4) is 17.1 Å². The summed E-state index contributed by atoms with van der Waals surface area (Å²) in [5.41, 5.74) is 4.03. The van der Waals surface area contributed by atoms with E-state index in [1.54, 1.807) is 17.0 Å². The highest BCUT2D eigenvalue weighted by Crippen LogP contribution is 2.38. The fraction of sp³-hybridized carbons (Fsp3) is 0.455. The van der Waals surface area contributed by atoms with Gasteiger partial charge in [-0.25, -0.2) is 9.97 Å². The zero-order valence-corrected chi connectivity index (χ0v) is 17.9. The number of aromatic nitrogens is 5. The summed E-state index contributed by atoms with van der Waals surface area (Å²) in [6.45, 7) is 3.51. The Morgan fingerprint density at radius 2 is 1.84 bits per heavy atom. The second kappa shape index (κ2) is 8.85. The summed E-state index contributed by atoms with van der Waals surface area (Å²) in [7, 11) is 0. The Bertz CT molecular complexity index is 1090. The number of hydrogen-bond acceptors (Lipinski definition) is 6. The van der Waals surface area contributed by atoms with Gasteiger partial charge in [-0.2, -0.15) is 13.2 Å². The molecule has 0 aliphatic heterocycles. The van der Waals surface area contributed by atoms with E-state index in [0.717, 1.165) is 16.9 Å². The van der Waals surface area contributed by atoms with Gasteiger partial charge >= 0.3 is 6.18 Å². The van der Waals surface area contributed by atoms with E-state index in [0.29, 0.717) is 35.7 Å². The zero-order valence-electron chi connectivity index (χ0n) is 17.9. The number of pyridine rings is 1. The van der Waals surface area contributed by atoms with Crippen molar-refractivity contribution >= 4 is 5.82 Å². The Balaban J connectivity index is 1.49. The SMILES string of the molecule is Cc1cn(-c2ccc(-c3cc(C)c(NC4CCC(C(F)(F)F)CC4)nn3)nc2CO)cn1. The molecule has 32 heavy (non-hydrogen) atoms. The number of anilines is 1. The van der Waals surface area contributed by atoms with Crippen LogP contribution >= 0.6 is 0 Å². The van der Waals surface area contributed by atoms with Crippen LogP contribution in [0.2, 0.25) is 0 Å². The van der Waals surface area contributed by atoms with Crippen molar-refractivity contribution < 1.29 is 18.3 Å². The van der Waals surface area contributed by atoms with Crippen molar-refractivity contribution in [1.82, 2.24) is 24.7 Å². The van der Waals surface area contributed by atoms with Crippen molar-refractivity contribution in [2.24, 2.45) is 5.92 Å². The normalized spacial score (nSPS) is 19.2. The maximum Gasteiger partial charge on any atom is 0.391 e. The predicted molar refractivity (Wildman–Crippen MR) is 113 cm³/mol. The van der Waals surface area contributed by atoms with Crippen LogP contribution in [0, 0.1) is 19.8 Å². The van der Waals surface area contributed by atoms with E-state index in [2.05, 4.69) is 25.5 Å². The molecule has 0 bridgehead atoms. The minimum absolute atomic E-state index is 0.0514. The molecule has 1 aliphatic carbocycles. The molecule has 0 saturated heterocycles. The summed E-state index contributed by atoms with van der Waals surface area (Å²) >= 11 is 0. The number of hydrogen-bond donors (Lipinski definition) is 2. The molecular formula is C22H25F3N6O. The standard InChI is InChI=1S/C22H25F3N6O/c1-13-9-18(17-7-8-20(19(11-32)28-17)31-10-14(2)26-12-31)29-30-21(13)27-16-5-3-15(4-6-16)22(23,24)25/h7-10,12,15-16,32H,3-6,11H2,1-2H3,(H,27,30). The molecule has 4 rings (SSSR count). The smallest absolute Gasteiger partial charge is 0.390 e. The Labute approximate surface area is 183 Å². The number of imidazole rings is 1. The molecule has 1 fully saturated rings. The predicted octanol–water partition coefficient (Wildman–Crippen LogP) is 4.37. The molecule has 3 aromatic heterocycles. The Morgan fingerprint density at radius 1 is 1.09 bits per heavy atom. The molecule has 10 heteroatoms. The number of halogens is 3. The number of nitrogens with zero attached hydrogens (tertiary/aromatic N) is 5. The molecule has 7 nitrogen and oxygen atoms in total. The van der Waals surface area contributed by atoms with Gasteiger partial charge in [0.25, 0.3) is 0 Å². The lowest BCUT2D eigenvalue weighted by atomic mass is 9.85. The van der Waals surface area contributed by atoms with Crippen LogP contribution in [0.5, 0.6) is 0 Å². The number of nitrogens with one attached hydrogen (secondary N) is 1. The first kappa shape index (κ1) is 22.2. The summed E-state index contributed by atoms with van der Waals surface area (Å²) in [4.78, 5) is 8.74. The molecule has 0 spiro atoms. The maximum atomic E-state index is 12.9. The summed E-state index contributed by atoms with van der Waals surface area (Å²) in [6.07, 6.45) is 0.549. The number of alkyl halides is 3. The third kappa shape index (κ3) is 4.74. The van der Waals surface area contributed by atoms with Gasteiger partial charge in [0, 0.05) is 12.2 Å². The van der Waals surface area contributed by atoms with Crippen molar-refractivity contribution in [3.05, 3.63) is 47.7 Å². The molecular weight excluding hydrogens is 421 g/mol. The second-order valence-corrected chi connectivity index (χ2v) is 8.24. The monoisotopic (exact) mass is 446 g/mol. The van der Waals surface area contributed by atoms with E-state index in [4.69, 9.17) is 0 Å². The average Bonchev–Trinajstić information content (AvgIpc) is 3.20. The number of aliphatic hydroxyl groups excluding tert-OH is 1. The summed E-state index contributed by atoms with van der Waals surface area (Å²) < 4.78 is 40.4. The van der Waals surface area contributed by atoms with E-state index in [-0.39, 0.29) is 25.5 Å². The van der Waals surface area contributed by atoms with Crippen LogP contribution < -0.4 is 5.32 Å². The van der Waals surface area contributed by atoms with Crippen molar-refractivity contribution in [2.45, 2.75) is 58.4 Å². The van der Waals surface area contributed by atoms with E-state index < -0.39 is 12.1 Å². The minimum atomic E-state index is -4.12. The third-order valence-electron chi connectivity index (χ3n) is 5.87. The van der Waals surface area contributed by atoms with Gasteiger partial charge in [-0.1, -0.05) is 0 Å². The lowest BCUT2D eigenvalue weighted by molar-refractivity contribution is -0.182. The Morgan fingerprint density at radius 3 is 2.44 bits per heavy atom. The highest BCUT2D eigenvalue weighted by Gasteiger charge is 2.41.